The number of benzene rings is 1. The third kappa shape index (κ3) is 3.71. The van der Waals surface area contributed by atoms with Crippen LogP contribution in [0.2, 0.25) is 0 Å². The molecule has 0 aliphatic rings. The minimum absolute atomic E-state index is 0.213. The van der Waals surface area contributed by atoms with Crippen molar-refractivity contribution in [3.8, 4) is 11.8 Å². The molecule has 2 rings (SSSR count). The summed E-state index contributed by atoms with van der Waals surface area (Å²) < 4.78 is 7.37. The maximum absolute atomic E-state index is 5.63. The Labute approximate surface area is 132 Å². The summed E-state index contributed by atoms with van der Waals surface area (Å²) in [6.45, 7) is 1.83. The molecule has 7 heteroatoms. The maximum atomic E-state index is 5.63. The van der Waals surface area contributed by atoms with Crippen LogP contribution in [0.5, 0.6) is 11.8 Å². The lowest BCUT2D eigenvalue weighted by Crippen LogP contribution is -2.13. The van der Waals surface area contributed by atoms with Gasteiger partial charge in [-0.15, -0.1) is 0 Å². The van der Waals surface area contributed by atoms with Crippen molar-refractivity contribution < 1.29 is 4.74 Å². The Morgan fingerprint density at radius 1 is 1.26 bits per heavy atom. The molecule has 0 bridgehead atoms. The van der Waals surface area contributed by atoms with E-state index < -0.39 is 0 Å². The van der Waals surface area contributed by atoms with E-state index in [2.05, 4.69) is 41.8 Å². The van der Waals surface area contributed by atoms with Crippen molar-refractivity contribution in [1.82, 2.24) is 9.97 Å². The predicted molar refractivity (Wildman–Crippen MR) is 84.6 cm³/mol. The zero-order chi connectivity index (χ0) is 14.0. The Hall–Kier alpha value is -1.05. The highest BCUT2D eigenvalue weighted by molar-refractivity contribution is 9.11. The Kier molecular flexibility index (Phi) is 4.49. The summed E-state index contributed by atoms with van der Waals surface area (Å²) in [5.41, 5.74) is 6.79. The minimum atomic E-state index is 0.213. The highest BCUT2D eigenvalue weighted by atomic mass is 79.9. The molecule has 98 valence electrons. The van der Waals surface area contributed by atoms with Gasteiger partial charge >= 0.3 is 6.01 Å². The van der Waals surface area contributed by atoms with Crippen LogP contribution in [0.25, 0.3) is 0 Å². The Morgan fingerprint density at radius 2 is 2.00 bits per heavy atom. The van der Waals surface area contributed by atoms with E-state index in [-0.39, 0.29) is 11.0 Å². The van der Waals surface area contributed by atoms with E-state index in [1.54, 1.807) is 12.1 Å². The van der Waals surface area contributed by atoms with Crippen LogP contribution in [0.4, 0.5) is 0 Å². The van der Waals surface area contributed by atoms with E-state index in [0.29, 0.717) is 11.4 Å². The molecule has 0 aliphatic heterocycles. The third-order valence-electron chi connectivity index (χ3n) is 2.18. The highest BCUT2D eigenvalue weighted by Gasteiger charge is 2.09. The van der Waals surface area contributed by atoms with Crippen LogP contribution in [-0.2, 0) is 0 Å². The summed E-state index contributed by atoms with van der Waals surface area (Å²) in [5.74, 6) is 0.614. The van der Waals surface area contributed by atoms with E-state index in [9.17, 15) is 0 Å². The summed E-state index contributed by atoms with van der Waals surface area (Å²) in [7, 11) is 0. The van der Waals surface area contributed by atoms with Gasteiger partial charge in [0.05, 0.1) is 4.47 Å². The summed E-state index contributed by atoms with van der Waals surface area (Å²) >= 11 is 11.7. The molecule has 2 aromatic rings. The standard InChI is InChI=1S/C12H9Br2N3OS/c1-6-4-9(11(15)19)17-12(16-6)18-10-3-2-7(13)5-8(10)14/h2-5H,1H3,(H2,15,19). The van der Waals surface area contributed by atoms with Gasteiger partial charge in [-0.05, 0) is 47.1 Å². The normalized spacial score (nSPS) is 10.3. The van der Waals surface area contributed by atoms with Crippen molar-refractivity contribution >= 4 is 49.1 Å². The van der Waals surface area contributed by atoms with Gasteiger partial charge in [-0.3, -0.25) is 0 Å². The van der Waals surface area contributed by atoms with Gasteiger partial charge in [0.25, 0.3) is 0 Å². The van der Waals surface area contributed by atoms with Crippen LogP contribution in [0, 0.1) is 6.92 Å². The fourth-order valence-electron chi connectivity index (χ4n) is 1.37. The number of aromatic nitrogens is 2. The van der Waals surface area contributed by atoms with Gasteiger partial charge in [-0.1, -0.05) is 28.1 Å². The summed E-state index contributed by atoms with van der Waals surface area (Å²) in [6, 6.07) is 7.47. The molecular formula is C12H9Br2N3OS. The lowest BCUT2D eigenvalue weighted by Gasteiger charge is -2.08. The second-order valence-corrected chi connectivity index (χ2v) is 5.93. The van der Waals surface area contributed by atoms with E-state index >= 15 is 0 Å². The molecule has 0 atom stereocenters. The van der Waals surface area contributed by atoms with Crippen molar-refractivity contribution in [2.45, 2.75) is 6.92 Å². The molecule has 1 heterocycles. The van der Waals surface area contributed by atoms with Crippen LogP contribution >= 0.6 is 44.1 Å². The SMILES string of the molecule is Cc1cc(C(N)=S)nc(Oc2ccc(Br)cc2Br)n1. The minimum Gasteiger partial charge on any atom is -0.423 e. The fraction of sp³-hybridized carbons (Fsp3) is 0.0833. The first-order valence-electron chi connectivity index (χ1n) is 5.24. The zero-order valence-electron chi connectivity index (χ0n) is 9.85. The lowest BCUT2D eigenvalue weighted by molar-refractivity contribution is 0.437. The van der Waals surface area contributed by atoms with Crippen molar-refractivity contribution in [1.29, 1.82) is 0 Å². The number of nitrogens with two attached hydrogens (primary N) is 1. The number of ether oxygens (including phenoxy) is 1. The Balaban J connectivity index is 2.35. The van der Waals surface area contributed by atoms with Crippen molar-refractivity contribution in [3.63, 3.8) is 0 Å². The van der Waals surface area contributed by atoms with E-state index in [4.69, 9.17) is 22.7 Å². The quantitative estimate of drug-likeness (QED) is 0.792. The van der Waals surface area contributed by atoms with Crippen LogP contribution in [0.3, 0.4) is 0 Å². The average Bonchev–Trinajstić information content (AvgIpc) is 2.32. The maximum Gasteiger partial charge on any atom is 0.322 e. The second-order valence-electron chi connectivity index (χ2n) is 3.72. The molecule has 2 N–H and O–H groups in total. The van der Waals surface area contributed by atoms with Gasteiger partial charge in [-0.25, -0.2) is 4.98 Å². The van der Waals surface area contributed by atoms with Gasteiger partial charge < -0.3 is 10.5 Å². The first-order chi connectivity index (χ1) is 8.95. The van der Waals surface area contributed by atoms with E-state index in [0.717, 1.165) is 14.6 Å². The molecule has 0 fully saturated rings. The third-order valence-corrected chi connectivity index (χ3v) is 3.50. The second kappa shape index (κ2) is 5.94. The van der Waals surface area contributed by atoms with Crippen molar-refractivity contribution in [2.24, 2.45) is 5.73 Å². The highest BCUT2D eigenvalue weighted by Crippen LogP contribution is 2.30. The van der Waals surface area contributed by atoms with Crippen molar-refractivity contribution in [3.05, 3.63) is 44.6 Å². The predicted octanol–water partition coefficient (Wildman–Crippen LogP) is 3.74. The van der Waals surface area contributed by atoms with Crippen LogP contribution < -0.4 is 10.5 Å². The molecule has 1 aromatic carbocycles. The van der Waals surface area contributed by atoms with Crippen LogP contribution in [-0.4, -0.2) is 15.0 Å². The smallest absolute Gasteiger partial charge is 0.322 e. The average molecular weight is 403 g/mol. The molecule has 0 saturated heterocycles. The monoisotopic (exact) mass is 401 g/mol. The lowest BCUT2D eigenvalue weighted by atomic mass is 10.3. The van der Waals surface area contributed by atoms with Gasteiger partial charge in [-0.2, -0.15) is 4.98 Å². The van der Waals surface area contributed by atoms with Crippen LogP contribution in [0.15, 0.2) is 33.2 Å². The fourth-order valence-corrected chi connectivity index (χ4v) is 2.60. The first-order valence-corrected chi connectivity index (χ1v) is 7.23. The molecule has 0 amide bonds. The summed E-state index contributed by atoms with van der Waals surface area (Å²) in [5, 5.41) is 0. The first kappa shape index (κ1) is 14.4. The van der Waals surface area contributed by atoms with Gasteiger partial charge in [0.2, 0.25) is 0 Å². The van der Waals surface area contributed by atoms with Crippen LogP contribution in [0.1, 0.15) is 11.4 Å². The number of aryl methyl sites for hydroxylation is 1. The number of hydrogen-bond acceptors (Lipinski definition) is 4. The molecule has 4 nitrogen and oxygen atoms in total. The summed E-state index contributed by atoms with van der Waals surface area (Å²) in [4.78, 5) is 8.57. The number of hydrogen-bond donors (Lipinski definition) is 1. The van der Waals surface area contributed by atoms with E-state index in [1.165, 1.54) is 0 Å². The molecule has 0 saturated carbocycles. The molecule has 0 aliphatic carbocycles. The molecule has 1 aromatic heterocycles. The topological polar surface area (TPSA) is 61.0 Å². The molecule has 0 spiro atoms. The van der Waals surface area contributed by atoms with Gasteiger partial charge in [0.1, 0.15) is 16.4 Å². The Morgan fingerprint density at radius 3 is 2.63 bits per heavy atom. The molecule has 0 unspecified atom stereocenters. The number of nitrogens with zero attached hydrogens (tertiary/aromatic N) is 2. The van der Waals surface area contributed by atoms with Gasteiger partial charge in [0.15, 0.2) is 0 Å². The molecular weight excluding hydrogens is 394 g/mol. The van der Waals surface area contributed by atoms with E-state index in [1.807, 2.05) is 19.1 Å². The number of thiocarbonyl (C=S) groups is 1. The van der Waals surface area contributed by atoms with Crippen molar-refractivity contribution in [2.75, 3.05) is 0 Å². The zero-order valence-corrected chi connectivity index (χ0v) is 13.8. The number of rotatable bonds is 3. The largest absolute Gasteiger partial charge is 0.423 e. The Bertz CT molecular complexity index is 649. The molecule has 0 radical (unpaired) electrons. The summed E-state index contributed by atoms with van der Waals surface area (Å²) in [6.07, 6.45) is 0. The molecule has 19 heavy (non-hydrogen) atoms. The number of halogens is 2. The van der Waals surface area contributed by atoms with Gasteiger partial charge in [0, 0.05) is 10.2 Å².